The van der Waals surface area contributed by atoms with Crippen LogP contribution in [0.1, 0.15) is 6.42 Å². The minimum atomic E-state index is -0.287. The van der Waals surface area contributed by atoms with Crippen molar-refractivity contribution in [3.63, 3.8) is 0 Å². The highest BCUT2D eigenvalue weighted by Crippen LogP contribution is 2.21. The first-order chi connectivity index (χ1) is 6.92. The molecule has 0 saturated carbocycles. The molecule has 0 aliphatic carbocycles. The highest BCUT2D eigenvalue weighted by Gasteiger charge is 2.05. The number of aromatic amines is 1. The van der Waals surface area contributed by atoms with Gasteiger partial charge >= 0.3 is 0 Å². The molecule has 0 unspecified atom stereocenters. The van der Waals surface area contributed by atoms with Crippen LogP contribution in [-0.4, -0.2) is 32.4 Å². The van der Waals surface area contributed by atoms with Crippen LogP contribution in [0, 0.1) is 0 Å². The normalized spacial score (nSPS) is 10.9. The zero-order chi connectivity index (χ0) is 9.80. The molecule has 2 aromatic rings. The summed E-state index contributed by atoms with van der Waals surface area (Å²) in [7, 11) is 0. The monoisotopic (exact) mass is 212 g/mol. The third kappa shape index (κ3) is 1.84. The van der Waals surface area contributed by atoms with Crippen LogP contribution in [0.25, 0.3) is 11.2 Å². The number of nitrogens with one attached hydrogen (secondary N) is 1. The van der Waals surface area contributed by atoms with Gasteiger partial charge in [0, 0.05) is 5.75 Å². The Hall–Kier alpha value is -1.17. The van der Waals surface area contributed by atoms with Crippen molar-refractivity contribution in [3.8, 4) is 0 Å². The van der Waals surface area contributed by atoms with E-state index in [2.05, 4.69) is 19.9 Å². The number of alkyl halides is 1. The maximum atomic E-state index is 11.9. The molecule has 6 heteroatoms. The molecule has 14 heavy (non-hydrogen) atoms. The first-order valence-electron chi connectivity index (χ1n) is 4.24. The van der Waals surface area contributed by atoms with Gasteiger partial charge in [-0.2, -0.15) is 0 Å². The number of nitrogens with zero attached hydrogens (tertiary/aromatic N) is 3. The Kier molecular flexibility index (Phi) is 2.93. The molecule has 4 nitrogen and oxygen atoms in total. The van der Waals surface area contributed by atoms with E-state index in [0.29, 0.717) is 12.1 Å². The van der Waals surface area contributed by atoms with Crippen molar-refractivity contribution in [1.82, 2.24) is 19.9 Å². The second-order valence-corrected chi connectivity index (χ2v) is 3.75. The third-order valence-corrected chi connectivity index (χ3v) is 2.78. The minimum absolute atomic E-state index is 0.287. The molecule has 0 fully saturated rings. The van der Waals surface area contributed by atoms with Crippen LogP contribution in [-0.2, 0) is 0 Å². The average molecular weight is 212 g/mol. The largest absolute Gasteiger partial charge is 0.341 e. The number of hydrogen-bond acceptors (Lipinski definition) is 4. The number of halogens is 1. The molecular weight excluding hydrogens is 203 g/mol. The summed E-state index contributed by atoms with van der Waals surface area (Å²) in [6, 6.07) is 0. The second-order valence-electron chi connectivity index (χ2n) is 2.67. The van der Waals surface area contributed by atoms with E-state index in [1.165, 1.54) is 18.1 Å². The van der Waals surface area contributed by atoms with Crippen molar-refractivity contribution >= 4 is 22.9 Å². The number of aromatic nitrogens is 4. The van der Waals surface area contributed by atoms with Crippen molar-refractivity contribution in [2.45, 2.75) is 11.4 Å². The molecule has 0 saturated heterocycles. The van der Waals surface area contributed by atoms with E-state index in [1.54, 1.807) is 6.33 Å². The van der Waals surface area contributed by atoms with Crippen molar-refractivity contribution in [1.29, 1.82) is 0 Å². The maximum absolute atomic E-state index is 11.9. The zero-order valence-corrected chi connectivity index (χ0v) is 8.22. The molecule has 0 spiro atoms. The molecule has 2 aromatic heterocycles. The summed E-state index contributed by atoms with van der Waals surface area (Å²) in [4.78, 5) is 15.1. The number of hydrogen-bond donors (Lipinski definition) is 1. The van der Waals surface area contributed by atoms with Crippen LogP contribution in [0.15, 0.2) is 17.7 Å². The molecule has 2 heterocycles. The van der Waals surface area contributed by atoms with Crippen LogP contribution >= 0.6 is 11.8 Å². The summed E-state index contributed by atoms with van der Waals surface area (Å²) < 4.78 is 11.9. The lowest BCUT2D eigenvalue weighted by Gasteiger charge is -1.98. The molecule has 74 valence electrons. The van der Waals surface area contributed by atoms with E-state index in [4.69, 9.17) is 0 Å². The Labute approximate surface area is 84.4 Å². The molecule has 0 radical (unpaired) electrons. The van der Waals surface area contributed by atoms with Crippen molar-refractivity contribution in [2.24, 2.45) is 0 Å². The summed E-state index contributed by atoms with van der Waals surface area (Å²) in [5, 5.41) is 0.834. The van der Waals surface area contributed by atoms with Gasteiger partial charge in [-0.15, -0.1) is 11.8 Å². The topological polar surface area (TPSA) is 54.5 Å². The second kappa shape index (κ2) is 4.36. The van der Waals surface area contributed by atoms with E-state index in [0.717, 1.165) is 16.3 Å². The Morgan fingerprint density at radius 2 is 2.29 bits per heavy atom. The third-order valence-electron chi connectivity index (χ3n) is 1.70. The van der Waals surface area contributed by atoms with Gasteiger partial charge in [0.2, 0.25) is 0 Å². The first kappa shape index (κ1) is 9.39. The summed E-state index contributed by atoms with van der Waals surface area (Å²) in [5.41, 5.74) is 1.49. The van der Waals surface area contributed by atoms with Gasteiger partial charge < -0.3 is 4.98 Å². The van der Waals surface area contributed by atoms with Gasteiger partial charge in [-0.3, -0.25) is 4.39 Å². The Balaban J connectivity index is 2.19. The molecule has 0 amide bonds. The highest BCUT2D eigenvalue weighted by molar-refractivity contribution is 7.99. The van der Waals surface area contributed by atoms with Gasteiger partial charge in [0.05, 0.1) is 13.0 Å². The van der Waals surface area contributed by atoms with Crippen LogP contribution in [0.5, 0.6) is 0 Å². The zero-order valence-electron chi connectivity index (χ0n) is 7.40. The average Bonchev–Trinajstić information content (AvgIpc) is 2.67. The van der Waals surface area contributed by atoms with Gasteiger partial charge in [0.25, 0.3) is 0 Å². The van der Waals surface area contributed by atoms with Crippen LogP contribution in [0.2, 0.25) is 0 Å². The first-order valence-corrected chi connectivity index (χ1v) is 5.23. The fourth-order valence-electron chi connectivity index (χ4n) is 1.08. The van der Waals surface area contributed by atoms with E-state index < -0.39 is 0 Å². The highest BCUT2D eigenvalue weighted by atomic mass is 32.2. The Bertz CT molecular complexity index is 416. The number of H-pyrrole nitrogens is 1. The fraction of sp³-hybridized carbons (Fsp3) is 0.375. The maximum Gasteiger partial charge on any atom is 0.181 e. The number of fused-ring (bicyclic) bond motifs is 1. The lowest BCUT2D eigenvalue weighted by Crippen LogP contribution is -1.88. The van der Waals surface area contributed by atoms with Gasteiger partial charge in [-0.05, 0) is 6.42 Å². The van der Waals surface area contributed by atoms with Crippen LogP contribution in [0.4, 0.5) is 4.39 Å². The molecule has 2 rings (SSSR count). The molecule has 0 bridgehead atoms. The number of rotatable bonds is 4. The standard InChI is InChI=1S/C8H9FN4S/c9-2-1-3-14-8-6-7(11-4-10-6)12-5-13-8/h4-5H,1-3H2,(H,10,11,12,13). The van der Waals surface area contributed by atoms with E-state index in [1.807, 2.05) is 0 Å². The predicted molar refractivity (Wildman–Crippen MR) is 53.0 cm³/mol. The van der Waals surface area contributed by atoms with Crippen molar-refractivity contribution in [3.05, 3.63) is 12.7 Å². The van der Waals surface area contributed by atoms with Crippen molar-refractivity contribution in [2.75, 3.05) is 12.4 Å². The lowest BCUT2D eigenvalue weighted by atomic mass is 10.5. The van der Waals surface area contributed by atoms with Gasteiger partial charge in [0.1, 0.15) is 16.9 Å². The summed E-state index contributed by atoms with van der Waals surface area (Å²) in [5.74, 6) is 0.724. The number of imidazole rings is 1. The summed E-state index contributed by atoms with van der Waals surface area (Å²) in [6.07, 6.45) is 3.60. The van der Waals surface area contributed by atoms with Crippen LogP contribution < -0.4 is 0 Å². The molecule has 0 atom stereocenters. The molecule has 0 aliphatic heterocycles. The van der Waals surface area contributed by atoms with Crippen molar-refractivity contribution < 1.29 is 4.39 Å². The predicted octanol–water partition coefficient (Wildman–Crippen LogP) is 1.80. The van der Waals surface area contributed by atoms with E-state index in [-0.39, 0.29) is 6.67 Å². The molecule has 1 N–H and O–H groups in total. The smallest absolute Gasteiger partial charge is 0.181 e. The Morgan fingerprint density at radius 3 is 3.14 bits per heavy atom. The van der Waals surface area contributed by atoms with E-state index >= 15 is 0 Å². The van der Waals surface area contributed by atoms with Crippen LogP contribution in [0.3, 0.4) is 0 Å². The van der Waals surface area contributed by atoms with Gasteiger partial charge in [-0.25, -0.2) is 15.0 Å². The Morgan fingerprint density at radius 1 is 1.36 bits per heavy atom. The quantitative estimate of drug-likeness (QED) is 0.477. The lowest BCUT2D eigenvalue weighted by molar-refractivity contribution is 0.489. The molecule has 0 aromatic carbocycles. The summed E-state index contributed by atoms with van der Waals surface area (Å²) in [6.45, 7) is -0.287. The summed E-state index contributed by atoms with van der Waals surface area (Å²) >= 11 is 1.52. The molecular formula is C8H9FN4S. The SMILES string of the molecule is FCCCSc1ncnc2nc[nH]c12. The minimum Gasteiger partial charge on any atom is -0.341 e. The van der Waals surface area contributed by atoms with E-state index in [9.17, 15) is 4.39 Å². The fourth-order valence-corrected chi connectivity index (χ4v) is 1.94. The number of thioether (sulfide) groups is 1. The van der Waals surface area contributed by atoms with Gasteiger partial charge in [0.15, 0.2) is 5.65 Å². The van der Waals surface area contributed by atoms with Gasteiger partial charge in [-0.1, -0.05) is 0 Å². The molecule has 0 aliphatic rings.